The SMILES string of the molecule is CCN1CCN(c2nc(C)c3c(n2)CC(c2cc(F)cc(F)c2)CC3=O)CC1. The summed E-state index contributed by atoms with van der Waals surface area (Å²) in [5.41, 5.74) is 2.45. The van der Waals surface area contributed by atoms with Crippen LogP contribution in [0.5, 0.6) is 0 Å². The molecule has 1 saturated heterocycles. The van der Waals surface area contributed by atoms with E-state index < -0.39 is 11.6 Å². The molecule has 28 heavy (non-hydrogen) atoms. The highest BCUT2D eigenvalue weighted by atomic mass is 19.1. The number of aromatic nitrogens is 2. The number of carbonyl (C=O) groups is 1. The van der Waals surface area contributed by atoms with Gasteiger partial charge in [-0.15, -0.1) is 0 Å². The van der Waals surface area contributed by atoms with Gasteiger partial charge in [-0.25, -0.2) is 18.7 Å². The Morgan fingerprint density at radius 3 is 2.36 bits per heavy atom. The molecular formula is C21H24F2N4O. The van der Waals surface area contributed by atoms with Crippen molar-refractivity contribution in [1.82, 2.24) is 14.9 Å². The second kappa shape index (κ2) is 7.54. The zero-order chi connectivity index (χ0) is 19.8. The van der Waals surface area contributed by atoms with Gasteiger partial charge >= 0.3 is 0 Å². The molecule has 1 aromatic carbocycles. The molecule has 148 valence electrons. The maximum atomic E-state index is 13.6. The van der Waals surface area contributed by atoms with Crippen LogP contribution in [0.1, 0.15) is 46.6 Å². The van der Waals surface area contributed by atoms with Crippen molar-refractivity contribution in [3.05, 3.63) is 52.3 Å². The Bertz CT molecular complexity index is 889. The number of rotatable bonds is 3. The van der Waals surface area contributed by atoms with Crippen molar-refractivity contribution in [3.8, 4) is 0 Å². The van der Waals surface area contributed by atoms with E-state index in [-0.39, 0.29) is 18.1 Å². The highest BCUT2D eigenvalue weighted by molar-refractivity contribution is 5.99. The molecule has 2 aromatic rings. The summed E-state index contributed by atoms with van der Waals surface area (Å²) < 4.78 is 27.3. The van der Waals surface area contributed by atoms with Crippen molar-refractivity contribution in [3.63, 3.8) is 0 Å². The molecule has 0 radical (unpaired) electrons. The number of nitrogens with zero attached hydrogens (tertiary/aromatic N) is 4. The lowest BCUT2D eigenvalue weighted by Gasteiger charge is -2.35. The van der Waals surface area contributed by atoms with Crippen molar-refractivity contribution in [1.29, 1.82) is 0 Å². The van der Waals surface area contributed by atoms with Gasteiger partial charge in [-0.3, -0.25) is 4.79 Å². The molecule has 0 saturated carbocycles. The molecule has 1 atom stereocenters. The van der Waals surface area contributed by atoms with Crippen LogP contribution in [-0.2, 0) is 6.42 Å². The van der Waals surface area contributed by atoms with E-state index in [0.717, 1.165) is 38.8 Å². The van der Waals surface area contributed by atoms with Crippen molar-refractivity contribution >= 4 is 11.7 Å². The average Bonchev–Trinajstić information content (AvgIpc) is 2.66. The van der Waals surface area contributed by atoms with Crippen LogP contribution >= 0.6 is 0 Å². The predicted molar refractivity (Wildman–Crippen MR) is 103 cm³/mol. The molecule has 1 aliphatic carbocycles. The van der Waals surface area contributed by atoms with Gasteiger partial charge in [0.15, 0.2) is 5.78 Å². The summed E-state index contributed by atoms with van der Waals surface area (Å²) in [5.74, 6) is -0.936. The van der Waals surface area contributed by atoms with Crippen molar-refractivity contribution < 1.29 is 13.6 Å². The van der Waals surface area contributed by atoms with Crippen LogP contribution in [0.3, 0.4) is 0 Å². The summed E-state index contributed by atoms with van der Waals surface area (Å²) in [7, 11) is 0. The van der Waals surface area contributed by atoms with Crippen LogP contribution in [0.4, 0.5) is 14.7 Å². The van der Waals surface area contributed by atoms with Crippen molar-refractivity contribution in [2.75, 3.05) is 37.6 Å². The Balaban J connectivity index is 1.64. The Hall–Kier alpha value is -2.41. The molecule has 2 aliphatic rings. The summed E-state index contributed by atoms with van der Waals surface area (Å²) >= 11 is 0. The summed E-state index contributed by atoms with van der Waals surface area (Å²) in [6.07, 6.45) is 0.698. The third-order valence-corrected chi connectivity index (χ3v) is 5.76. The third-order valence-electron chi connectivity index (χ3n) is 5.76. The Labute approximate surface area is 163 Å². The van der Waals surface area contributed by atoms with E-state index in [2.05, 4.69) is 21.7 Å². The van der Waals surface area contributed by atoms with E-state index in [1.807, 2.05) is 6.92 Å². The normalized spacial score (nSPS) is 20.4. The number of benzene rings is 1. The number of hydrogen-bond acceptors (Lipinski definition) is 5. The molecule has 1 aliphatic heterocycles. The number of aryl methyl sites for hydroxylation is 1. The smallest absolute Gasteiger partial charge is 0.225 e. The number of hydrogen-bond donors (Lipinski definition) is 0. The minimum absolute atomic E-state index is 0.0595. The standard InChI is InChI=1S/C21H24F2N4O/c1-3-26-4-6-27(7-5-26)21-24-13(2)20-18(25-21)10-15(11-19(20)28)14-8-16(22)12-17(23)9-14/h8-9,12,15H,3-7,10-11H2,1-2H3. The number of fused-ring (bicyclic) bond motifs is 1. The largest absolute Gasteiger partial charge is 0.338 e. The van der Waals surface area contributed by atoms with E-state index in [0.29, 0.717) is 34.9 Å². The van der Waals surface area contributed by atoms with E-state index in [9.17, 15) is 13.6 Å². The molecule has 7 heteroatoms. The first-order valence-electron chi connectivity index (χ1n) is 9.78. The summed E-state index contributed by atoms with van der Waals surface area (Å²) in [5, 5.41) is 0. The number of carbonyl (C=O) groups excluding carboxylic acids is 1. The van der Waals surface area contributed by atoms with E-state index in [4.69, 9.17) is 4.98 Å². The molecule has 0 bridgehead atoms. The predicted octanol–water partition coefficient (Wildman–Crippen LogP) is 3.12. The molecule has 0 N–H and O–H groups in total. The molecule has 1 unspecified atom stereocenters. The Morgan fingerprint density at radius 1 is 1.04 bits per heavy atom. The molecule has 0 amide bonds. The summed E-state index contributed by atoms with van der Waals surface area (Å²) in [4.78, 5) is 26.6. The monoisotopic (exact) mass is 386 g/mol. The molecule has 1 fully saturated rings. The van der Waals surface area contributed by atoms with Gasteiger partial charge in [0.2, 0.25) is 5.95 Å². The maximum absolute atomic E-state index is 13.6. The fraction of sp³-hybridized carbons (Fsp3) is 0.476. The lowest BCUT2D eigenvalue weighted by atomic mass is 9.81. The average molecular weight is 386 g/mol. The van der Waals surface area contributed by atoms with Crippen molar-refractivity contribution in [2.24, 2.45) is 0 Å². The van der Waals surface area contributed by atoms with E-state index in [1.165, 1.54) is 12.1 Å². The molecule has 5 nitrogen and oxygen atoms in total. The first kappa shape index (κ1) is 18.9. The van der Waals surface area contributed by atoms with E-state index in [1.54, 1.807) is 0 Å². The van der Waals surface area contributed by atoms with Crippen LogP contribution in [-0.4, -0.2) is 53.4 Å². The zero-order valence-corrected chi connectivity index (χ0v) is 16.2. The molecule has 4 rings (SSSR count). The highest BCUT2D eigenvalue weighted by Crippen LogP contribution is 2.34. The van der Waals surface area contributed by atoms with Crippen LogP contribution in [0.15, 0.2) is 18.2 Å². The third kappa shape index (κ3) is 3.63. The molecule has 1 aromatic heterocycles. The number of likely N-dealkylation sites (N-methyl/N-ethyl adjacent to an activating group) is 1. The molecule has 0 spiro atoms. The zero-order valence-electron chi connectivity index (χ0n) is 16.2. The highest BCUT2D eigenvalue weighted by Gasteiger charge is 2.31. The summed E-state index contributed by atoms with van der Waals surface area (Å²) in [6.45, 7) is 8.62. The second-order valence-electron chi connectivity index (χ2n) is 7.58. The summed E-state index contributed by atoms with van der Waals surface area (Å²) in [6, 6.07) is 3.47. The van der Waals surface area contributed by atoms with Gasteiger partial charge in [0.05, 0.1) is 17.0 Å². The number of Topliss-reactive ketones (excluding diaryl/α,β-unsaturated/α-hetero) is 1. The minimum Gasteiger partial charge on any atom is -0.338 e. The van der Waals surface area contributed by atoms with Gasteiger partial charge in [-0.2, -0.15) is 0 Å². The molecular weight excluding hydrogens is 362 g/mol. The second-order valence-corrected chi connectivity index (χ2v) is 7.58. The van der Waals surface area contributed by atoms with Gasteiger partial charge < -0.3 is 9.80 Å². The molecule has 2 heterocycles. The van der Waals surface area contributed by atoms with E-state index >= 15 is 0 Å². The first-order valence-corrected chi connectivity index (χ1v) is 9.78. The van der Waals surface area contributed by atoms with Crippen LogP contribution in [0, 0.1) is 18.6 Å². The van der Waals surface area contributed by atoms with Crippen LogP contribution < -0.4 is 4.90 Å². The lowest BCUT2D eigenvalue weighted by Crippen LogP contribution is -2.47. The fourth-order valence-corrected chi connectivity index (χ4v) is 4.21. The van der Waals surface area contributed by atoms with Gasteiger partial charge in [0, 0.05) is 38.7 Å². The van der Waals surface area contributed by atoms with Gasteiger partial charge in [0.1, 0.15) is 11.6 Å². The first-order chi connectivity index (χ1) is 13.4. The van der Waals surface area contributed by atoms with Crippen LogP contribution in [0.2, 0.25) is 0 Å². The van der Waals surface area contributed by atoms with Gasteiger partial charge in [0.25, 0.3) is 0 Å². The number of halogens is 2. The van der Waals surface area contributed by atoms with Gasteiger partial charge in [-0.1, -0.05) is 6.92 Å². The Kier molecular flexibility index (Phi) is 5.10. The number of anilines is 1. The lowest BCUT2D eigenvalue weighted by molar-refractivity contribution is 0.0961. The number of ketones is 1. The quantitative estimate of drug-likeness (QED) is 0.811. The van der Waals surface area contributed by atoms with Crippen molar-refractivity contribution in [2.45, 2.75) is 32.6 Å². The van der Waals surface area contributed by atoms with Crippen LogP contribution in [0.25, 0.3) is 0 Å². The maximum Gasteiger partial charge on any atom is 0.225 e. The van der Waals surface area contributed by atoms with Gasteiger partial charge in [-0.05, 0) is 43.5 Å². The minimum atomic E-state index is -0.624. The topological polar surface area (TPSA) is 49.3 Å². The fourth-order valence-electron chi connectivity index (χ4n) is 4.21. The number of piperazine rings is 1. The Morgan fingerprint density at radius 2 is 1.71 bits per heavy atom.